The molecule has 1 aromatic carbocycles. The van der Waals surface area contributed by atoms with Crippen LogP contribution in [0.15, 0.2) is 34.5 Å². The lowest BCUT2D eigenvalue weighted by atomic mass is 10.2. The van der Waals surface area contributed by atoms with E-state index in [-0.39, 0.29) is 10.7 Å². The Kier molecular flexibility index (Phi) is 3.90. The van der Waals surface area contributed by atoms with E-state index in [1.807, 2.05) is 0 Å². The maximum Gasteiger partial charge on any atom is 0.335 e. The van der Waals surface area contributed by atoms with Gasteiger partial charge in [0.15, 0.2) is 0 Å². The Morgan fingerprint density at radius 2 is 2.00 bits per heavy atom. The molecule has 0 saturated heterocycles. The third-order valence-corrected chi connectivity index (χ3v) is 2.11. The molecule has 7 heteroatoms. The zero-order valence-corrected chi connectivity index (χ0v) is 9.13. The van der Waals surface area contributed by atoms with Gasteiger partial charge in [0.25, 0.3) is 0 Å². The topological polar surface area (TPSA) is 91.3 Å². The maximum absolute atomic E-state index is 10.6. The molecule has 0 bridgehead atoms. The lowest BCUT2D eigenvalue weighted by Crippen LogP contribution is -2.21. The van der Waals surface area contributed by atoms with Crippen LogP contribution in [-0.2, 0) is 0 Å². The van der Waals surface area contributed by atoms with Crippen LogP contribution in [-0.4, -0.2) is 23.0 Å². The summed E-state index contributed by atoms with van der Waals surface area (Å²) in [7, 11) is 0. The van der Waals surface area contributed by atoms with Gasteiger partial charge in [-0.3, -0.25) is 0 Å². The van der Waals surface area contributed by atoms with E-state index in [1.165, 1.54) is 17.1 Å². The minimum absolute atomic E-state index is 0.151. The number of nitrogens with zero attached hydrogens (tertiary/aromatic N) is 3. The number of carboxylic acid groups (broad SMARTS) is 1. The number of amidine groups is 1. The summed E-state index contributed by atoms with van der Waals surface area (Å²) in [5.41, 5.74) is 0.748. The first kappa shape index (κ1) is 12.1. The predicted molar refractivity (Wildman–Crippen MR) is 66.0 cm³/mol. The van der Waals surface area contributed by atoms with Crippen molar-refractivity contribution >= 4 is 36.2 Å². The van der Waals surface area contributed by atoms with Crippen LogP contribution < -0.4 is 10.9 Å². The summed E-state index contributed by atoms with van der Waals surface area (Å²) in [6, 6.07) is 5.99. The van der Waals surface area contributed by atoms with E-state index in [0.717, 1.165) is 0 Å². The van der Waals surface area contributed by atoms with Crippen molar-refractivity contribution < 1.29 is 9.90 Å². The standard InChI is InChI=1S/C9H10N4O2S/c1-11-13(9(16)12-10)7-4-2-6(3-5-7)8(14)15/h2-5H,1,10H2,(H,12,16)(H,14,15). The normalized spacial score (nSPS) is 10.9. The van der Waals surface area contributed by atoms with Gasteiger partial charge in [0, 0.05) is 6.72 Å². The van der Waals surface area contributed by atoms with Crippen molar-refractivity contribution in [3.63, 3.8) is 0 Å². The second-order valence-electron chi connectivity index (χ2n) is 2.73. The molecule has 1 rings (SSSR count). The highest BCUT2D eigenvalue weighted by Gasteiger charge is 2.09. The molecule has 0 atom stereocenters. The van der Waals surface area contributed by atoms with Gasteiger partial charge in [-0.25, -0.2) is 9.80 Å². The number of carboxylic acids is 1. The van der Waals surface area contributed by atoms with Gasteiger partial charge in [0.05, 0.1) is 11.3 Å². The van der Waals surface area contributed by atoms with Gasteiger partial charge >= 0.3 is 5.97 Å². The van der Waals surface area contributed by atoms with Crippen molar-refractivity contribution in [3.05, 3.63) is 29.8 Å². The number of carbonyl (C=O) groups is 1. The van der Waals surface area contributed by atoms with Crippen LogP contribution in [0.2, 0.25) is 0 Å². The minimum Gasteiger partial charge on any atom is -0.478 e. The monoisotopic (exact) mass is 238 g/mol. The first-order valence-electron chi connectivity index (χ1n) is 4.17. The summed E-state index contributed by atoms with van der Waals surface area (Å²) in [6.45, 7) is 3.34. The van der Waals surface area contributed by atoms with Crippen LogP contribution in [0.25, 0.3) is 0 Å². The molecule has 1 aromatic rings. The summed E-state index contributed by atoms with van der Waals surface area (Å²) >= 11 is 3.98. The minimum atomic E-state index is -0.997. The first-order valence-corrected chi connectivity index (χ1v) is 4.62. The fraction of sp³-hybridized carbons (Fsp3) is 0. The molecular weight excluding hydrogens is 228 g/mol. The van der Waals surface area contributed by atoms with Crippen LogP contribution in [0, 0.1) is 0 Å². The molecule has 0 amide bonds. The van der Waals surface area contributed by atoms with Gasteiger partial charge in [-0.2, -0.15) is 10.2 Å². The number of benzene rings is 1. The third-order valence-electron chi connectivity index (χ3n) is 1.81. The van der Waals surface area contributed by atoms with Gasteiger partial charge in [0.1, 0.15) is 0 Å². The second kappa shape index (κ2) is 5.17. The maximum atomic E-state index is 10.6. The number of aromatic carboxylic acids is 1. The van der Waals surface area contributed by atoms with Crippen molar-refractivity contribution in [2.45, 2.75) is 0 Å². The van der Waals surface area contributed by atoms with E-state index >= 15 is 0 Å². The Morgan fingerprint density at radius 1 is 1.44 bits per heavy atom. The molecule has 3 N–H and O–H groups in total. The number of thiol groups is 1. The lowest BCUT2D eigenvalue weighted by Gasteiger charge is -2.15. The fourth-order valence-electron chi connectivity index (χ4n) is 1.06. The van der Waals surface area contributed by atoms with Crippen LogP contribution in [0.4, 0.5) is 5.69 Å². The molecular formula is C9H10N4O2S. The van der Waals surface area contributed by atoms with E-state index in [2.05, 4.69) is 29.5 Å². The van der Waals surface area contributed by atoms with Crippen molar-refractivity contribution in [1.82, 2.24) is 0 Å². The molecule has 0 unspecified atom stereocenters. The summed E-state index contributed by atoms with van der Waals surface area (Å²) in [4.78, 5) is 10.6. The van der Waals surface area contributed by atoms with Crippen molar-refractivity contribution in [2.24, 2.45) is 16.0 Å². The predicted octanol–water partition coefficient (Wildman–Crippen LogP) is 0.966. The Labute approximate surface area is 97.5 Å². The van der Waals surface area contributed by atoms with E-state index < -0.39 is 5.97 Å². The number of anilines is 1. The summed E-state index contributed by atoms with van der Waals surface area (Å²) in [5, 5.41) is 17.1. The zero-order chi connectivity index (χ0) is 12.1. The molecule has 0 fully saturated rings. The van der Waals surface area contributed by atoms with Gasteiger partial charge in [-0.15, -0.1) is 12.6 Å². The first-order chi connectivity index (χ1) is 7.60. The van der Waals surface area contributed by atoms with Crippen molar-refractivity contribution in [1.29, 1.82) is 0 Å². The highest BCUT2D eigenvalue weighted by Crippen LogP contribution is 2.17. The average Bonchev–Trinajstić information content (AvgIpc) is 2.30. The molecule has 0 aromatic heterocycles. The summed E-state index contributed by atoms with van der Waals surface area (Å²) < 4.78 is 0. The molecule has 84 valence electrons. The fourth-order valence-corrected chi connectivity index (χ4v) is 1.24. The van der Waals surface area contributed by atoms with Gasteiger partial charge in [-0.05, 0) is 24.3 Å². The lowest BCUT2D eigenvalue weighted by molar-refractivity contribution is 0.0697. The van der Waals surface area contributed by atoms with Crippen molar-refractivity contribution in [2.75, 3.05) is 5.01 Å². The third kappa shape index (κ3) is 2.51. The highest BCUT2D eigenvalue weighted by atomic mass is 32.1. The summed E-state index contributed by atoms with van der Waals surface area (Å²) in [6.07, 6.45) is 0. The van der Waals surface area contributed by atoms with Gasteiger partial charge < -0.3 is 10.9 Å². The Bertz CT molecular complexity index is 430. The average molecular weight is 238 g/mol. The van der Waals surface area contributed by atoms with Gasteiger partial charge in [-0.1, -0.05) is 0 Å². The van der Waals surface area contributed by atoms with Crippen molar-refractivity contribution in [3.8, 4) is 0 Å². The Balaban J connectivity index is 3.04. The largest absolute Gasteiger partial charge is 0.478 e. The summed E-state index contributed by atoms with van der Waals surface area (Å²) in [5.74, 6) is 4.06. The molecule has 0 aliphatic rings. The molecule has 0 spiro atoms. The quantitative estimate of drug-likeness (QED) is 0.240. The van der Waals surface area contributed by atoms with E-state index in [4.69, 9.17) is 10.9 Å². The number of hydrazone groups is 2. The van der Waals surface area contributed by atoms with E-state index in [1.54, 1.807) is 12.1 Å². The van der Waals surface area contributed by atoms with Gasteiger partial charge in [0.2, 0.25) is 5.17 Å². The van der Waals surface area contributed by atoms with Crippen LogP contribution >= 0.6 is 12.6 Å². The molecule has 0 radical (unpaired) electrons. The van der Waals surface area contributed by atoms with E-state index in [9.17, 15) is 4.79 Å². The molecule has 0 heterocycles. The molecule has 0 aliphatic carbocycles. The van der Waals surface area contributed by atoms with E-state index in [0.29, 0.717) is 5.69 Å². The smallest absolute Gasteiger partial charge is 0.335 e. The molecule has 0 saturated carbocycles. The van der Waals surface area contributed by atoms with Crippen LogP contribution in [0.3, 0.4) is 0 Å². The SMILES string of the molecule is C=NN(/C(S)=N\N)c1ccc(C(=O)O)cc1. The highest BCUT2D eigenvalue weighted by molar-refractivity contribution is 7.97. The number of rotatable bonds is 3. The zero-order valence-electron chi connectivity index (χ0n) is 8.24. The molecule has 16 heavy (non-hydrogen) atoms. The number of hydrogen-bond acceptors (Lipinski definition) is 4. The molecule has 0 aliphatic heterocycles. The molecule has 6 nitrogen and oxygen atoms in total. The Morgan fingerprint density at radius 3 is 2.38 bits per heavy atom. The number of nitrogens with two attached hydrogens (primary N) is 1. The second-order valence-corrected chi connectivity index (χ2v) is 3.13. The van der Waals surface area contributed by atoms with Crippen LogP contribution in [0.5, 0.6) is 0 Å². The Hall–Kier alpha value is -2.02. The number of hydrogen-bond donors (Lipinski definition) is 3. The van der Waals surface area contributed by atoms with Crippen LogP contribution in [0.1, 0.15) is 10.4 Å².